The summed E-state index contributed by atoms with van der Waals surface area (Å²) < 4.78 is -1.18. The number of aliphatic hydroxyl groups excluding tert-OH is 1. The SMILES string of the molecule is C[C@H](CO)N1C(=O)[C@@H]2[C@@H](C(=O)NCc3ccccc3)[C@@]3(C)CCC2(S3)C1C(=O)Nc1ccc2ccccc2c1. The highest BCUT2D eigenvalue weighted by Crippen LogP contribution is 2.71. The number of carbonyl (C=O) groups excluding carboxylic acids is 3. The molecule has 3 aromatic rings. The largest absolute Gasteiger partial charge is 0.394 e. The molecule has 8 heteroatoms. The minimum absolute atomic E-state index is 0.152. The monoisotopic (exact) mass is 543 g/mol. The molecule has 3 aliphatic rings. The molecule has 2 unspecified atom stereocenters. The molecule has 3 amide bonds. The fraction of sp³-hybridized carbons (Fsp3) is 0.387. The number of nitrogens with one attached hydrogen (secondary N) is 2. The Morgan fingerprint density at radius 2 is 1.74 bits per heavy atom. The molecule has 2 bridgehead atoms. The highest BCUT2D eigenvalue weighted by Gasteiger charge is 2.77. The van der Waals surface area contributed by atoms with Crippen LogP contribution in [0.4, 0.5) is 5.69 Å². The standard InChI is InChI=1S/C31H33N3O4S/c1-19(18-35)34-26(28(37)33-23-13-12-21-10-6-7-11-22(21)16-23)31-15-14-30(2,39-31)24(25(31)29(34)38)27(36)32-17-20-8-4-3-5-9-20/h3-13,16,19,24-26,35H,14-15,17-18H2,1-2H3,(H,32,36)(H,33,37)/t19-,24+,25+,26?,30-,31?/m1/s1. The first-order chi connectivity index (χ1) is 18.8. The van der Waals surface area contributed by atoms with Crippen molar-refractivity contribution in [3.05, 3.63) is 78.4 Å². The Kier molecular flexibility index (Phi) is 6.43. The minimum Gasteiger partial charge on any atom is -0.394 e. The lowest BCUT2D eigenvalue weighted by Crippen LogP contribution is -2.54. The van der Waals surface area contributed by atoms with Crippen molar-refractivity contribution >= 4 is 45.9 Å². The molecule has 3 N–H and O–H groups in total. The van der Waals surface area contributed by atoms with Crippen LogP contribution < -0.4 is 10.6 Å². The van der Waals surface area contributed by atoms with Gasteiger partial charge in [-0.25, -0.2) is 0 Å². The molecular weight excluding hydrogens is 510 g/mol. The second kappa shape index (κ2) is 9.68. The molecule has 3 saturated heterocycles. The Bertz CT molecular complexity index is 1450. The van der Waals surface area contributed by atoms with Crippen LogP contribution in [0.5, 0.6) is 0 Å². The molecule has 0 saturated carbocycles. The maximum atomic E-state index is 14.1. The fourth-order valence-electron chi connectivity index (χ4n) is 7.00. The van der Waals surface area contributed by atoms with Gasteiger partial charge in [0.05, 0.1) is 29.2 Å². The van der Waals surface area contributed by atoms with E-state index in [4.69, 9.17) is 0 Å². The lowest BCUT2D eigenvalue weighted by molar-refractivity contribution is -0.142. The van der Waals surface area contributed by atoms with E-state index in [-0.39, 0.29) is 24.3 Å². The summed E-state index contributed by atoms with van der Waals surface area (Å²) in [4.78, 5) is 43.4. The van der Waals surface area contributed by atoms with Crippen molar-refractivity contribution in [2.45, 2.75) is 54.8 Å². The minimum atomic E-state index is -0.789. The topological polar surface area (TPSA) is 98.7 Å². The number of hydrogen-bond donors (Lipinski definition) is 3. The average Bonchev–Trinajstić information content (AvgIpc) is 3.52. The van der Waals surface area contributed by atoms with Crippen LogP contribution >= 0.6 is 11.8 Å². The van der Waals surface area contributed by atoms with Crippen LogP contribution in [0.2, 0.25) is 0 Å². The van der Waals surface area contributed by atoms with E-state index in [0.29, 0.717) is 18.7 Å². The number of amides is 3. The van der Waals surface area contributed by atoms with Crippen molar-refractivity contribution in [1.29, 1.82) is 0 Å². The Morgan fingerprint density at radius 1 is 1.03 bits per heavy atom. The van der Waals surface area contributed by atoms with Gasteiger partial charge in [0, 0.05) is 17.0 Å². The van der Waals surface area contributed by atoms with Crippen LogP contribution in [0.1, 0.15) is 32.3 Å². The summed E-state index contributed by atoms with van der Waals surface area (Å²) in [5.41, 5.74) is 1.64. The predicted octanol–water partition coefficient (Wildman–Crippen LogP) is 3.96. The summed E-state index contributed by atoms with van der Waals surface area (Å²) in [5, 5.41) is 18.3. The molecule has 1 spiro atoms. The van der Waals surface area contributed by atoms with Gasteiger partial charge in [-0.3, -0.25) is 14.4 Å². The number of thioether (sulfide) groups is 1. The first-order valence-corrected chi connectivity index (χ1v) is 14.3. The third-order valence-electron chi connectivity index (χ3n) is 8.81. The summed E-state index contributed by atoms with van der Waals surface area (Å²) >= 11 is 1.63. The van der Waals surface area contributed by atoms with E-state index >= 15 is 0 Å². The van der Waals surface area contributed by atoms with E-state index in [9.17, 15) is 19.5 Å². The van der Waals surface area contributed by atoms with E-state index in [1.54, 1.807) is 23.6 Å². The molecule has 39 heavy (non-hydrogen) atoms. The number of aliphatic hydroxyl groups is 1. The van der Waals surface area contributed by atoms with Gasteiger partial charge in [0.25, 0.3) is 0 Å². The van der Waals surface area contributed by atoms with E-state index in [0.717, 1.165) is 22.8 Å². The van der Waals surface area contributed by atoms with Gasteiger partial charge in [-0.2, -0.15) is 0 Å². The highest BCUT2D eigenvalue weighted by molar-refractivity contribution is 8.02. The van der Waals surface area contributed by atoms with Crippen molar-refractivity contribution in [3.8, 4) is 0 Å². The second-order valence-corrected chi connectivity index (χ2v) is 13.2. The van der Waals surface area contributed by atoms with Gasteiger partial charge < -0.3 is 20.6 Å². The summed E-state index contributed by atoms with van der Waals surface area (Å²) in [6, 6.07) is 22.1. The third kappa shape index (κ3) is 4.12. The van der Waals surface area contributed by atoms with Gasteiger partial charge in [0.2, 0.25) is 17.7 Å². The van der Waals surface area contributed by atoms with Gasteiger partial charge in [-0.15, -0.1) is 11.8 Å². The highest BCUT2D eigenvalue weighted by atomic mass is 32.2. The van der Waals surface area contributed by atoms with Crippen molar-refractivity contribution in [1.82, 2.24) is 10.2 Å². The normalized spacial score (nSPS) is 29.9. The van der Waals surface area contributed by atoms with Crippen molar-refractivity contribution < 1.29 is 19.5 Å². The molecule has 0 aliphatic carbocycles. The molecule has 3 aromatic carbocycles. The van der Waals surface area contributed by atoms with Crippen LogP contribution in [0, 0.1) is 11.8 Å². The summed E-state index contributed by atoms with van der Waals surface area (Å²) in [6.07, 6.45) is 1.41. The van der Waals surface area contributed by atoms with Gasteiger partial charge in [-0.05, 0) is 55.2 Å². The summed E-state index contributed by atoms with van der Waals surface area (Å²) in [5.74, 6) is -1.83. The molecule has 7 nitrogen and oxygen atoms in total. The molecule has 3 heterocycles. The molecule has 0 radical (unpaired) electrons. The number of carbonyl (C=O) groups is 3. The quantitative estimate of drug-likeness (QED) is 0.419. The van der Waals surface area contributed by atoms with Crippen LogP contribution in [0.15, 0.2) is 72.8 Å². The number of likely N-dealkylation sites (tertiary alicyclic amines) is 1. The maximum Gasteiger partial charge on any atom is 0.248 e. The van der Waals surface area contributed by atoms with Gasteiger partial charge in [0.15, 0.2) is 0 Å². The number of benzene rings is 3. The Balaban J connectivity index is 1.32. The van der Waals surface area contributed by atoms with Crippen LogP contribution in [-0.4, -0.2) is 55.9 Å². The smallest absolute Gasteiger partial charge is 0.248 e. The molecule has 6 atom stereocenters. The molecular formula is C31H33N3O4S. The lowest BCUT2D eigenvalue weighted by atomic mass is 9.66. The molecule has 6 rings (SSSR count). The van der Waals surface area contributed by atoms with Gasteiger partial charge in [0.1, 0.15) is 6.04 Å². The zero-order valence-electron chi connectivity index (χ0n) is 22.1. The van der Waals surface area contributed by atoms with Gasteiger partial charge >= 0.3 is 0 Å². The third-order valence-corrected chi connectivity index (χ3v) is 10.8. The van der Waals surface area contributed by atoms with Crippen molar-refractivity contribution in [2.24, 2.45) is 11.8 Å². The Labute approximate surface area is 232 Å². The number of fused-ring (bicyclic) bond motifs is 2. The molecule has 3 aliphatic heterocycles. The average molecular weight is 544 g/mol. The zero-order valence-corrected chi connectivity index (χ0v) is 22.9. The van der Waals surface area contributed by atoms with E-state index in [1.165, 1.54) is 0 Å². The van der Waals surface area contributed by atoms with Crippen molar-refractivity contribution in [3.63, 3.8) is 0 Å². The van der Waals surface area contributed by atoms with Crippen LogP contribution in [0.3, 0.4) is 0 Å². The van der Waals surface area contributed by atoms with E-state index in [1.807, 2.05) is 72.8 Å². The van der Waals surface area contributed by atoms with Crippen molar-refractivity contribution in [2.75, 3.05) is 11.9 Å². The summed E-state index contributed by atoms with van der Waals surface area (Å²) in [7, 11) is 0. The zero-order chi connectivity index (χ0) is 27.4. The first kappa shape index (κ1) is 25.9. The molecule has 0 aromatic heterocycles. The lowest BCUT2D eigenvalue weighted by Gasteiger charge is -2.36. The number of anilines is 1. The number of rotatable bonds is 7. The second-order valence-electron chi connectivity index (χ2n) is 11.3. The maximum absolute atomic E-state index is 14.1. The Morgan fingerprint density at radius 3 is 2.49 bits per heavy atom. The molecule has 202 valence electrons. The predicted molar refractivity (Wildman–Crippen MR) is 153 cm³/mol. The molecule has 3 fully saturated rings. The summed E-state index contributed by atoms with van der Waals surface area (Å²) in [6.45, 7) is 3.94. The van der Waals surface area contributed by atoms with Gasteiger partial charge in [-0.1, -0.05) is 60.7 Å². The fourth-order valence-corrected chi connectivity index (χ4v) is 9.34. The van der Waals surface area contributed by atoms with E-state index in [2.05, 4.69) is 17.6 Å². The first-order valence-electron chi connectivity index (χ1n) is 13.5. The number of hydrogen-bond acceptors (Lipinski definition) is 5. The van der Waals surface area contributed by atoms with Crippen LogP contribution in [0.25, 0.3) is 10.8 Å². The number of nitrogens with zero attached hydrogens (tertiary/aromatic N) is 1. The Hall–Kier alpha value is -3.36. The van der Waals surface area contributed by atoms with Crippen LogP contribution in [-0.2, 0) is 20.9 Å². The van der Waals surface area contributed by atoms with E-state index < -0.39 is 33.4 Å².